The molecule has 0 aliphatic rings. The van der Waals surface area contributed by atoms with Gasteiger partial charge in [0.15, 0.2) is 5.13 Å². The number of hydrogen-bond acceptors (Lipinski definition) is 6. The lowest BCUT2D eigenvalue weighted by molar-refractivity contribution is -0.142. The fourth-order valence-electron chi connectivity index (χ4n) is 2.42. The molecule has 140 valence electrons. The maximum absolute atomic E-state index is 12.5. The van der Waals surface area contributed by atoms with Crippen molar-refractivity contribution >= 4 is 32.5 Å². The zero-order valence-corrected chi connectivity index (χ0v) is 16.2. The molecule has 27 heavy (non-hydrogen) atoms. The highest BCUT2D eigenvalue weighted by atomic mass is 32.2. The van der Waals surface area contributed by atoms with Gasteiger partial charge in [-0.3, -0.25) is 9.52 Å². The molecule has 0 atom stereocenters. The SMILES string of the molecule is CCOC(=O)Cc1cnc(NS(=O)(=O)c2ccc(-c3ccccc3)cc2)s1. The molecule has 0 radical (unpaired) electrons. The zero-order valence-electron chi connectivity index (χ0n) is 14.6. The molecule has 0 fully saturated rings. The van der Waals surface area contributed by atoms with Crippen molar-refractivity contribution in [3.05, 3.63) is 65.7 Å². The van der Waals surface area contributed by atoms with Gasteiger partial charge in [0.25, 0.3) is 10.0 Å². The van der Waals surface area contributed by atoms with Gasteiger partial charge in [-0.1, -0.05) is 42.5 Å². The van der Waals surface area contributed by atoms with Gasteiger partial charge >= 0.3 is 5.97 Å². The van der Waals surface area contributed by atoms with Crippen molar-refractivity contribution in [2.45, 2.75) is 18.2 Å². The van der Waals surface area contributed by atoms with Crippen LogP contribution in [0.4, 0.5) is 5.13 Å². The summed E-state index contributed by atoms with van der Waals surface area (Å²) in [4.78, 5) is 16.3. The van der Waals surface area contributed by atoms with E-state index in [1.807, 2.05) is 30.3 Å². The monoisotopic (exact) mass is 402 g/mol. The van der Waals surface area contributed by atoms with Crippen LogP contribution in [-0.2, 0) is 26.0 Å². The van der Waals surface area contributed by atoms with Gasteiger partial charge < -0.3 is 4.74 Å². The Labute approximate surface area is 161 Å². The predicted octanol–water partition coefficient (Wildman–Crippen LogP) is 3.72. The van der Waals surface area contributed by atoms with Crippen LogP contribution in [0.3, 0.4) is 0 Å². The van der Waals surface area contributed by atoms with Crippen LogP contribution >= 0.6 is 11.3 Å². The topological polar surface area (TPSA) is 85.4 Å². The number of benzene rings is 2. The van der Waals surface area contributed by atoms with Gasteiger partial charge in [-0.25, -0.2) is 13.4 Å². The zero-order chi connectivity index (χ0) is 19.3. The largest absolute Gasteiger partial charge is 0.466 e. The van der Waals surface area contributed by atoms with Crippen molar-refractivity contribution in [1.29, 1.82) is 0 Å². The summed E-state index contributed by atoms with van der Waals surface area (Å²) < 4.78 is 32.4. The lowest BCUT2D eigenvalue weighted by Gasteiger charge is -2.07. The Kier molecular flexibility index (Phi) is 5.88. The smallest absolute Gasteiger partial charge is 0.311 e. The Morgan fingerprint density at radius 2 is 1.74 bits per heavy atom. The number of rotatable bonds is 7. The summed E-state index contributed by atoms with van der Waals surface area (Å²) >= 11 is 1.11. The van der Waals surface area contributed by atoms with E-state index in [1.165, 1.54) is 6.20 Å². The quantitative estimate of drug-likeness (QED) is 0.609. The third-order valence-corrected chi connectivity index (χ3v) is 6.07. The number of nitrogens with one attached hydrogen (secondary N) is 1. The normalized spacial score (nSPS) is 11.1. The van der Waals surface area contributed by atoms with Crippen molar-refractivity contribution in [3.8, 4) is 11.1 Å². The second-order valence-corrected chi connectivity index (χ2v) is 8.41. The molecule has 3 rings (SSSR count). The van der Waals surface area contributed by atoms with Gasteiger partial charge in [-0.15, -0.1) is 11.3 Å². The molecule has 1 aromatic heterocycles. The Hall–Kier alpha value is -2.71. The van der Waals surface area contributed by atoms with E-state index in [4.69, 9.17) is 4.74 Å². The Morgan fingerprint density at radius 3 is 2.41 bits per heavy atom. The van der Waals surface area contributed by atoms with Crippen LogP contribution in [0.5, 0.6) is 0 Å². The number of ether oxygens (including phenoxy) is 1. The number of aromatic nitrogens is 1. The van der Waals surface area contributed by atoms with Crippen LogP contribution in [0, 0.1) is 0 Å². The van der Waals surface area contributed by atoms with E-state index in [9.17, 15) is 13.2 Å². The van der Waals surface area contributed by atoms with Crippen LogP contribution in [0.25, 0.3) is 11.1 Å². The first-order valence-electron chi connectivity index (χ1n) is 8.26. The van der Waals surface area contributed by atoms with Crippen molar-refractivity contribution in [3.63, 3.8) is 0 Å². The highest BCUT2D eigenvalue weighted by Gasteiger charge is 2.17. The van der Waals surface area contributed by atoms with Crippen LogP contribution in [-0.4, -0.2) is 26.0 Å². The molecule has 6 nitrogen and oxygen atoms in total. The molecule has 1 heterocycles. The average molecular weight is 402 g/mol. The van der Waals surface area contributed by atoms with Crippen LogP contribution in [0.2, 0.25) is 0 Å². The highest BCUT2D eigenvalue weighted by molar-refractivity contribution is 7.93. The summed E-state index contributed by atoms with van der Waals surface area (Å²) in [5.74, 6) is -0.368. The first kappa shape index (κ1) is 19.1. The number of thiazole rings is 1. The third-order valence-electron chi connectivity index (χ3n) is 3.67. The van der Waals surface area contributed by atoms with Gasteiger partial charge in [-0.2, -0.15) is 0 Å². The second-order valence-electron chi connectivity index (χ2n) is 5.61. The van der Waals surface area contributed by atoms with E-state index in [0.29, 0.717) is 11.5 Å². The van der Waals surface area contributed by atoms with E-state index in [1.54, 1.807) is 31.2 Å². The van der Waals surface area contributed by atoms with Crippen molar-refractivity contribution < 1.29 is 17.9 Å². The summed E-state index contributed by atoms with van der Waals surface area (Å²) in [6.45, 7) is 2.03. The standard InChI is InChI=1S/C19H18N2O4S2/c1-2-25-18(22)12-16-13-20-19(26-16)21-27(23,24)17-10-8-15(9-11-17)14-6-4-3-5-7-14/h3-11,13H,2,12H2,1H3,(H,20,21). The van der Waals surface area contributed by atoms with Crippen molar-refractivity contribution in [2.75, 3.05) is 11.3 Å². The molecular weight excluding hydrogens is 384 g/mol. The van der Waals surface area contributed by atoms with Crippen molar-refractivity contribution in [1.82, 2.24) is 4.98 Å². The van der Waals surface area contributed by atoms with Crippen LogP contribution in [0.15, 0.2) is 65.7 Å². The average Bonchev–Trinajstić information content (AvgIpc) is 3.08. The van der Waals surface area contributed by atoms with Gasteiger partial charge in [0, 0.05) is 11.1 Å². The van der Waals surface area contributed by atoms with Gasteiger partial charge in [-0.05, 0) is 30.2 Å². The number of esters is 1. The Balaban J connectivity index is 1.71. The number of carbonyl (C=O) groups is 1. The van der Waals surface area contributed by atoms with E-state index in [-0.39, 0.29) is 22.4 Å². The molecular formula is C19H18N2O4S2. The molecule has 0 saturated heterocycles. The highest BCUT2D eigenvalue weighted by Crippen LogP contribution is 2.24. The maximum Gasteiger partial charge on any atom is 0.311 e. The van der Waals surface area contributed by atoms with Crippen molar-refractivity contribution in [2.24, 2.45) is 0 Å². The summed E-state index contributed by atoms with van der Waals surface area (Å²) in [7, 11) is -3.76. The third kappa shape index (κ3) is 4.93. The Morgan fingerprint density at radius 1 is 1.07 bits per heavy atom. The lowest BCUT2D eigenvalue weighted by Crippen LogP contribution is -2.12. The summed E-state index contributed by atoms with van der Waals surface area (Å²) in [6, 6.07) is 16.3. The van der Waals surface area contributed by atoms with Crippen LogP contribution in [0.1, 0.15) is 11.8 Å². The number of nitrogens with zero attached hydrogens (tertiary/aromatic N) is 1. The molecule has 0 amide bonds. The number of hydrogen-bond donors (Lipinski definition) is 1. The molecule has 1 N–H and O–H groups in total. The second kappa shape index (κ2) is 8.32. The van der Waals surface area contributed by atoms with Gasteiger partial charge in [0.2, 0.25) is 0 Å². The molecule has 0 spiro atoms. The first-order valence-corrected chi connectivity index (χ1v) is 10.6. The van der Waals surface area contributed by atoms with E-state index in [2.05, 4.69) is 9.71 Å². The maximum atomic E-state index is 12.5. The predicted molar refractivity (Wildman–Crippen MR) is 105 cm³/mol. The summed E-state index contributed by atoms with van der Waals surface area (Å²) in [6.07, 6.45) is 1.54. The lowest BCUT2D eigenvalue weighted by atomic mass is 10.1. The molecule has 8 heteroatoms. The van der Waals surface area contributed by atoms with E-state index >= 15 is 0 Å². The van der Waals surface area contributed by atoms with E-state index < -0.39 is 10.0 Å². The molecule has 0 saturated carbocycles. The van der Waals surface area contributed by atoms with Crippen LogP contribution < -0.4 is 4.72 Å². The molecule has 2 aromatic carbocycles. The first-order chi connectivity index (χ1) is 13.0. The minimum atomic E-state index is -3.76. The minimum absolute atomic E-state index is 0.0685. The molecule has 0 bridgehead atoms. The molecule has 3 aromatic rings. The molecule has 0 aliphatic carbocycles. The molecule has 0 aliphatic heterocycles. The fraction of sp³-hybridized carbons (Fsp3) is 0.158. The van der Waals surface area contributed by atoms with Gasteiger partial charge in [0.1, 0.15) is 0 Å². The number of carbonyl (C=O) groups excluding carboxylic acids is 1. The number of sulfonamides is 1. The van der Waals surface area contributed by atoms with E-state index in [0.717, 1.165) is 22.5 Å². The Bertz CT molecular complexity index is 1010. The summed E-state index contributed by atoms with van der Waals surface area (Å²) in [5.41, 5.74) is 1.94. The fourth-order valence-corrected chi connectivity index (χ4v) is 4.46. The van der Waals surface area contributed by atoms with Gasteiger partial charge in [0.05, 0.1) is 17.9 Å². The summed E-state index contributed by atoms with van der Waals surface area (Å²) in [5, 5.41) is 0.210. The molecule has 0 unspecified atom stereocenters. The minimum Gasteiger partial charge on any atom is -0.466 e. The number of anilines is 1.